The highest BCUT2D eigenvalue weighted by Crippen LogP contribution is 2.53. The van der Waals surface area contributed by atoms with Crippen molar-refractivity contribution in [3.8, 4) is 22.3 Å². The molecule has 372 valence electrons. The molecule has 0 bridgehead atoms. The molecule has 0 fully saturated rings. The Hall–Kier alpha value is -7.56. The fourth-order valence-corrected chi connectivity index (χ4v) is 12.4. The molecule has 0 aromatic heterocycles. The summed E-state index contributed by atoms with van der Waals surface area (Å²) in [4.78, 5) is 7.77. The minimum absolute atomic E-state index is 0.00867. The number of nitrogens with zero attached hydrogens (tertiary/aromatic N) is 3. The van der Waals surface area contributed by atoms with Gasteiger partial charge in [0, 0.05) is 51.1 Å². The van der Waals surface area contributed by atoms with Crippen LogP contribution in [0, 0.1) is 6.92 Å². The van der Waals surface area contributed by atoms with E-state index in [1.54, 1.807) is 0 Å². The van der Waals surface area contributed by atoms with E-state index in [1.807, 2.05) is 0 Å². The minimum Gasteiger partial charge on any atom is -0.311 e. The van der Waals surface area contributed by atoms with Gasteiger partial charge in [0.05, 0.1) is 5.69 Å². The molecule has 0 N–H and O–H groups in total. The Morgan fingerprint density at radius 1 is 0.400 bits per heavy atom. The second kappa shape index (κ2) is 17.8. The van der Waals surface area contributed by atoms with Crippen molar-refractivity contribution < 1.29 is 0 Å². The zero-order valence-electron chi connectivity index (χ0n) is 45.9. The molecule has 3 nitrogen and oxygen atoms in total. The molecule has 9 aromatic rings. The lowest BCUT2D eigenvalue weighted by Crippen LogP contribution is -2.62. The van der Waals surface area contributed by atoms with E-state index >= 15 is 0 Å². The molecule has 2 heterocycles. The van der Waals surface area contributed by atoms with Crippen LogP contribution in [0.3, 0.4) is 0 Å². The summed E-state index contributed by atoms with van der Waals surface area (Å²) >= 11 is 0. The maximum absolute atomic E-state index is 2.70. The van der Waals surface area contributed by atoms with Crippen molar-refractivity contribution in [2.24, 2.45) is 0 Å². The van der Waals surface area contributed by atoms with E-state index in [-0.39, 0.29) is 28.4 Å². The third-order valence-electron chi connectivity index (χ3n) is 16.9. The first-order valence-corrected chi connectivity index (χ1v) is 27.3. The van der Waals surface area contributed by atoms with E-state index in [0.29, 0.717) is 0 Å². The first-order valence-electron chi connectivity index (χ1n) is 27.3. The fraction of sp³-hybridized carbons (Fsp3) is 0.239. The quantitative estimate of drug-likeness (QED) is 0.147. The van der Waals surface area contributed by atoms with E-state index in [1.165, 1.54) is 101 Å². The van der Waals surface area contributed by atoms with Crippen molar-refractivity contribution in [2.45, 2.75) is 111 Å². The third-order valence-corrected chi connectivity index (χ3v) is 16.9. The van der Waals surface area contributed by atoms with Crippen LogP contribution in [0.15, 0.2) is 200 Å². The average Bonchev–Trinajstić information content (AvgIpc) is 3.42. The molecule has 0 unspecified atom stereocenters. The molecule has 0 radical (unpaired) electrons. The molecule has 0 atom stereocenters. The Bertz CT molecular complexity index is 3600. The Morgan fingerprint density at radius 3 is 1.48 bits per heavy atom. The maximum Gasteiger partial charge on any atom is 0.252 e. The smallest absolute Gasteiger partial charge is 0.252 e. The maximum atomic E-state index is 2.70. The lowest BCUT2D eigenvalue weighted by atomic mass is 9.33. The van der Waals surface area contributed by atoms with Crippen LogP contribution < -0.4 is 31.1 Å². The third kappa shape index (κ3) is 8.29. The van der Waals surface area contributed by atoms with Crippen molar-refractivity contribution >= 4 is 74.3 Å². The number of hydrogen-bond acceptors (Lipinski definition) is 3. The lowest BCUT2D eigenvalue weighted by Gasteiger charge is -2.48. The Morgan fingerprint density at radius 2 is 0.907 bits per heavy atom. The van der Waals surface area contributed by atoms with Crippen LogP contribution in [0.5, 0.6) is 0 Å². The van der Waals surface area contributed by atoms with Gasteiger partial charge in [0.25, 0.3) is 6.71 Å². The molecule has 3 aliphatic rings. The predicted molar refractivity (Wildman–Crippen MR) is 323 cm³/mol. The van der Waals surface area contributed by atoms with E-state index in [9.17, 15) is 0 Å². The van der Waals surface area contributed by atoms with E-state index in [2.05, 4.69) is 291 Å². The van der Waals surface area contributed by atoms with Crippen LogP contribution in [-0.4, -0.2) is 6.71 Å². The van der Waals surface area contributed by atoms with Crippen molar-refractivity contribution in [1.82, 2.24) is 0 Å². The summed E-state index contributed by atoms with van der Waals surface area (Å²) in [5, 5.41) is 0. The normalized spacial score (nSPS) is 15.2. The highest BCUT2D eigenvalue weighted by Gasteiger charge is 2.48. The second-order valence-electron chi connectivity index (χ2n) is 25.0. The molecule has 9 aromatic carbocycles. The molecule has 4 heteroatoms. The summed E-state index contributed by atoms with van der Waals surface area (Å²) in [7, 11) is 0. The van der Waals surface area contributed by atoms with E-state index in [4.69, 9.17) is 0 Å². The molecule has 0 amide bonds. The van der Waals surface area contributed by atoms with Gasteiger partial charge in [0.15, 0.2) is 0 Å². The topological polar surface area (TPSA) is 9.72 Å². The highest BCUT2D eigenvalue weighted by atomic mass is 15.2. The molecule has 0 saturated carbocycles. The van der Waals surface area contributed by atoms with Gasteiger partial charge < -0.3 is 14.7 Å². The van der Waals surface area contributed by atoms with Crippen LogP contribution in [0.4, 0.5) is 51.2 Å². The van der Waals surface area contributed by atoms with Gasteiger partial charge in [-0.15, -0.1) is 0 Å². The molecule has 0 saturated heterocycles. The minimum atomic E-state index is -0.171. The summed E-state index contributed by atoms with van der Waals surface area (Å²) in [6.07, 6.45) is 2.27. The summed E-state index contributed by atoms with van der Waals surface area (Å²) in [6, 6.07) is 75.9. The van der Waals surface area contributed by atoms with Crippen molar-refractivity contribution in [1.29, 1.82) is 0 Å². The largest absolute Gasteiger partial charge is 0.311 e. The Labute approximate surface area is 447 Å². The number of benzene rings is 9. The summed E-state index contributed by atoms with van der Waals surface area (Å²) in [5.41, 5.74) is 26.1. The van der Waals surface area contributed by atoms with Crippen molar-refractivity contribution in [2.75, 3.05) is 14.7 Å². The van der Waals surface area contributed by atoms with E-state index < -0.39 is 0 Å². The zero-order chi connectivity index (χ0) is 52.2. The van der Waals surface area contributed by atoms with Crippen LogP contribution >= 0.6 is 0 Å². The monoisotopic (exact) mass is 976 g/mol. The molecule has 2 aliphatic heterocycles. The van der Waals surface area contributed by atoms with Crippen LogP contribution in [0.25, 0.3) is 22.3 Å². The number of aryl methyl sites for hydroxylation is 1. The summed E-state index contributed by atoms with van der Waals surface area (Å²) < 4.78 is 0. The fourth-order valence-electron chi connectivity index (χ4n) is 12.4. The zero-order valence-corrected chi connectivity index (χ0v) is 45.9. The van der Waals surface area contributed by atoms with Crippen molar-refractivity contribution in [3.63, 3.8) is 0 Å². The van der Waals surface area contributed by atoms with Gasteiger partial charge in [0.1, 0.15) is 0 Å². The Balaban J connectivity index is 1.24. The number of anilines is 9. The van der Waals surface area contributed by atoms with Gasteiger partial charge >= 0.3 is 0 Å². The second-order valence-corrected chi connectivity index (χ2v) is 25.0. The lowest BCUT2D eigenvalue weighted by molar-refractivity contribution is 0.332. The predicted octanol–water partition coefficient (Wildman–Crippen LogP) is 17.8. The highest BCUT2D eigenvalue weighted by molar-refractivity contribution is 7.00. The van der Waals surface area contributed by atoms with Crippen LogP contribution in [0.2, 0.25) is 0 Å². The summed E-state index contributed by atoms with van der Waals surface area (Å²) in [6.45, 7) is 26.3. The summed E-state index contributed by atoms with van der Waals surface area (Å²) in [5.74, 6) is 0. The Kier molecular flexibility index (Phi) is 11.5. The number of fused-ring (bicyclic) bond motifs is 5. The standard InChI is InChI=1S/C71H70BN3/c1-47-32-33-50(48-24-16-12-17-25-48)40-63(47)75-62-37-35-55(73(53-28-20-14-21-29-53)54-30-22-15-23-31-54)44-59(62)72-60-45-57-58(71(10,11)39-38-70(57,8)9)46-64(60)74(65-42-52(69(5,6)7)43-66(75)67(65)72)61-36-34-51(68(2,3)4)41-56(61)49-26-18-13-19-27-49/h12-37,40-46H,38-39H2,1-11H3. The van der Waals surface area contributed by atoms with Gasteiger partial charge in [-0.2, -0.15) is 0 Å². The van der Waals surface area contributed by atoms with Gasteiger partial charge in [0.2, 0.25) is 0 Å². The SMILES string of the molecule is Cc1ccc(-c2ccccc2)cc1N1c2ccc(N(c3ccccc3)c3ccccc3)cc2B2c3cc4c(cc3N(c3ccc(C(C)(C)C)cc3-c3ccccc3)c3cc(C(C)(C)C)cc1c32)C(C)(C)CCC4(C)C. The number of para-hydroxylation sites is 2. The molecule has 0 spiro atoms. The average molecular weight is 976 g/mol. The number of hydrogen-bond donors (Lipinski definition) is 0. The molecule has 75 heavy (non-hydrogen) atoms. The van der Waals surface area contributed by atoms with Gasteiger partial charge in [-0.25, -0.2) is 0 Å². The van der Waals surface area contributed by atoms with Gasteiger partial charge in [-0.05, 0) is 181 Å². The van der Waals surface area contributed by atoms with Gasteiger partial charge in [-0.3, -0.25) is 0 Å². The van der Waals surface area contributed by atoms with E-state index in [0.717, 1.165) is 29.9 Å². The first-order chi connectivity index (χ1) is 35.9. The number of rotatable bonds is 7. The molecule has 12 rings (SSSR count). The van der Waals surface area contributed by atoms with Crippen molar-refractivity contribution in [3.05, 3.63) is 228 Å². The first kappa shape index (κ1) is 48.4. The van der Waals surface area contributed by atoms with Gasteiger partial charge in [-0.1, -0.05) is 191 Å². The van der Waals surface area contributed by atoms with Crippen LogP contribution in [0.1, 0.15) is 110 Å². The van der Waals surface area contributed by atoms with Crippen LogP contribution in [-0.2, 0) is 21.7 Å². The molecular weight excluding hydrogens is 906 g/mol. The molecular formula is C71H70BN3. The molecule has 1 aliphatic carbocycles.